The minimum atomic E-state index is -0.591. The molecule has 1 amide bonds. The van der Waals surface area contributed by atoms with Gasteiger partial charge in [-0.3, -0.25) is 4.79 Å². The Hall–Kier alpha value is -2.97. The average Bonchev–Trinajstić information content (AvgIpc) is 3.34. The highest BCUT2D eigenvalue weighted by atomic mass is 16.5. The Morgan fingerprint density at radius 2 is 2.00 bits per heavy atom. The SMILES string of the molecule is C#CCCc1ccc(N(C=O)CC(O)CC)c(-c2ccc(OC)c(OC3CCCC3)c2)c1. The van der Waals surface area contributed by atoms with E-state index in [4.69, 9.17) is 15.9 Å². The summed E-state index contributed by atoms with van der Waals surface area (Å²) >= 11 is 0. The zero-order chi connectivity index (χ0) is 22.9. The molecule has 1 unspecified atom stereocenters. The number of ether oxygens (including phenoxy) is 2. The molecule has 3 rings (SSSR count). The zero-order valence-corrected chi connectivity index (χ0v) is 19.0. The second-order valence-electron chi connectivity index (χ2n) is 8.27. The molecule has 0 heterocycles. The predicted molar refractivity (Wildman–Crippen MR) is 128 cm³/mol. The van der Waals surface area contributed by atoms with Crippen LogP contribution in [-0.4, -0.2) is 37.4 Å². The number of nitrogens with zero attached hydrogens (tertiary/aromatic N) is 1. The summed E-state index contributed by atoms with van der Waals surface area (Å²) in [6.45, 7) is 2.13. The van der Waals surface area contributed by atoms with Crippen LogP contribution in [0.4, 0.5) is 5.69 Å². The molecular formula is C27H33NO4. The first-order valence-electron chi connectivity index (χ1n) is 11.4. The molecular weight excluding hydrogens is 402 g/mol. The predicted octanol–water partition coefficient (Wildman–Crippen LogP) is 4.98. The Kier molecular flexibility index (Phi) is 8.58. The van der Waals surface area contributed by atoms with Crippen molar-refractivity contribution in [1.29, 1.82) is 0 Å². The fourth-order valence-electron chi connectivity index (χ4n) is 4.11. The van der Waals surface area contributed by atoms with Crippen molar-refractivity contribution in [3.8, 4) is 35.0 Å². The normalized spacial score (nSPS) is 14.6. The lowest BCUT2D eigenvalue weighted by Gasteiger charge is -2.24. The topological polar surface area (TPSA) is 59.0 Å². The molecule has 0 radical (unpaired) electrons. The quantitative estimate of drug-likeness (QED) is 0.399. The van der Waals surface area contributed by atoms with Gasteiger partial charge in [0.05, 0.1) is 31.5 Å². The van der Waals surface area contributed by atoms with Crippen molar-refractivity contribution in [1.82, 2.24) is 0 Å². The van der Waals surface area contributed by atoms with Gasteiger partial charge in [0.15, 0.2) is 11.5 Å². The standard InChI is InChI=1S/C27H33NO4/c1-4-6-9-20-12-14-25(28(19-29)18-22(30)5-2)24(16-20)21-13-15-26(31-3)27(17-21)32-23-10-7-8-11-23/h1,12-17,19,22-23,30H,5-11,18H2,2-3H3. The van der Waals surface area contributed by atoms with E-state index in [2.05, 4.69) is 12.0 Å². The summed E-state index contributed by atoms with van der Waals surface area (Å²) in [7, 11) is 1.64. The lowest BCUT2D eigenvalue weighted by molar-refractivity contribution is -0.107. The Labute approximate surface area is 191 Å². The van der Waals surface area contributed by atoms with Gasteiger partial charge in [-0.2, -0.15) is 0 Å². The molecule has 5 heteroatoms. The summed E-state index contributed by atoms with van der Waals surface area (Å²) in [5.41, 5.74) is 3.66. The average molecular weight is 436 g/mol. The van der Waals surface area contributed by atoms with Gasteiger partial charge in [-0.25, -0.2) is 0 Å². The van der Waals surface area contributed by atoms with Gasteiger partial charge >= 0.3 is 0 Å². The largest absolute Gasteiger partial charge is 0.493 e. The van der Waals surface area contributed by atoms with Crippen molar-refractivity contribution in [3.05, 3.63) is 42.0 Å². The van der Waals surface area contributed by atoms with Crippen molar-refractivity contribution < 1.29 is 19.4 Å². The van der Waals surface area contributed by atoms with Gasteiger partial charge < -0.3 is 19.5 Å². The Morgan fingerprint density at radius 3 is 2.66 bits per heavy atom. The van der Waals surface area contributed by atoms with Crippen LogP contribution in [0.5, 0.6) is 11.5 Å². The minimum Gasteiger partial charge on any atom is -0.493 e. The van der Waals surface area contributed by atoms with E-state index in [-0.39, 0.29) is 12.6 Å². The number of hydrogen-bond donors (Lipinski definition) is 1. The highest BCUT2D eigenvalue weighted by Crippen LogP contribution is 2.39. The highest BCUT2D eigenvalue weighted by molar-refractivity contribution is 5.88. The summed E-state index contributed by atoms with van der Waals surface area (Å²) in [6.07, 6.45) is 12.3. The van der Waals surface area contributed by atoms with Crippen LogP contribution >= 0.6 is 0 Å². The summed E-state index contributed by atoms with van der Waals surface area (Å²) in [5.74, 6) is 4.09. The van der Waals surface area contributed by atoms with E-state index >= 15 is 0 Å². The second kappa shape index (κ2) is 11.6. The van der Waals surface area contributed by atoms with E-state index in [1.807, 2.05) is 37.3 Å². The van der Waals surface area contributed by atoms with Crippen molar-refractivity contribution in [3.63, 3.8) is 0 Å². The Bertz CT molecular complexity index is 943. The lowest BCUT2D eigenvalue weighted by atomic mass is 9.97. The van der Waals surface area contributed by atoms with Crippen LogP contribution in [0.25, 0.3) is 11.1 Å². The van der Waals surface area contributed by atoms with Crippen LogP contribution in [0.3, 0.4) is 0 Å². The number of carbonyl (C=O) groups excluding carboxylic acids is 1. The van der Waals surface area contributed by atoms with Crippen molar-refractivity contribution in [2.75, 3.05) is 18.6 Å². The maximum atomic E-state index is 11.9. The van der Waals surface area contributed by atoms with Gasteiger partial charge in [-0.1, -0.05) is 19.1 Å². The molecule has 1 aliphatic carbocycles. The number of amides is 1. The number of anilines is 1. The number of aliphatic hydroxyl groups excluding tert-OH is 1. The number of aryl methyl sites for hydroxylation is 1. The first-order valence-corrected chi connectivity index (χ1v) is 11.4. The van der Waals surface area contributed by atoms with Crippen molar-refractivity contribution in [2.45, 2.75) is 64.1 Å². The summed E-state index contributed by atoms with van der Waals surface area (Å²) in [4.78, 5) is 13.5. The third-order valence-electron chi connectivity index (χ3n) is 6.00. The van der Waals surface area contributed by atoms with E-state index in [1.165, 1.54) is 12.8 Å². The van der Waals surface area contributed by atoms with Crippen LogP contribution in [0, 0.1) is 12.3 Å². The molecule has 0 aliphatic heterocycles. The molecule has 0 saturated heterocycles. The van der Waals surface area contributed by atoms with Crippen LogP contribution < -0.4 is 14.4 Å². The fourth-order valence-corrected chi connectivity index (χ4v) is 4.11. The Balaban J connectivity index is 2.04. The van der Waals surface area contributed by atoms with Crippen molar-refractivity contribution >= 4 is 12.1 Å². The monoisotopic (exact) mass is 435 g/mol. The molecule has 0 bridgehead atoms. The molecule has 1 atom stereocenters. The van der Waals surface area contributed by atoms with E-state index in [0.717, 1.165) is 48.1 Å². The van der Waals surface area contributed by atoms with Gasteiger partial charge in [0.1, 0.15) is 0 Å². The smallest absolute Gasteiger partial charge is 0.214 e. The number of aliphatic hydroxyl groups is 1. The van der Waals surface area contributed by atoms with Crippen LogP contribution in [0.1, 0.15) is 51.0 Å². The van der Waals surface area contributed by atoms with E-state index in [9.17, 15) is 9.90 Å². The zero-order valence-electron chi connectivity index (χ0n) is 19.0. The van der Waals surface area contributed by atoms with Gasteiger partial charge in [0.25, 0.3) is 0 Å². The third-order valence-corrected chi connectivity index (χ3v) is 6.00. The summed E-state index contributed by atoms with van der Waals surface area (Å²) in [5, 5.41) is 10.2. The summed E-state index contributed by atoms with van der Waals surface area (Å²) in [6, 6.07) is 11.9. The maximum Gasteiger partial charge on any atom is 0.214 e. The molecule has 0 spiro atoms. The Morgan fingerprint density at radius 1 is 1.22 bits per heavy atom. The van der Waals surface area contributed by atoms with Crippen molar-refractivity contribution in [2.24, 2.45) is 0 Å². The maximum absolute atomic E-state index is 11.9. The van der Waals surface area contributed by atoms with E-state index in [0.29, 0.717) is 24.3 Å². The van der Waals surface area contributed by atoms with E-state index < -0.39 is 6.10 Å². The van der Waals surface area contributed by atoms with Crippen LogP contribution in [0.2, 0.25) is 0 Å². The number of terminal acetylenes is 1. The van der Waals surface area contributed by atoms with Gasteiger partial charge in [-0.15, -0.1) is 12.3 Å². The molecule has 2 aromatic carbocycles. The first-order chi connectivity index (χ1) is 15.6. The molecule has 1 fully saturated rings. The molecule has 2 aromatic rings. The molecule has 170 valence electrons. The fraction of sp³-hybridized carbons (Fsp3) is 0.444. The first kappa shape index (κ1) is 23.7. The number of hydrogen-bond acceptors (Lipinski definition) is 4. The molecule has 5 nitrogen and oxygen atoms in total. The molecule has 1 saturated carbocycles. The molecule has 32 heavy (non-hydrogen) atoms. The molecule has 1 N–H and O–H groups in total. The number of carbonyl (C=O) groups is 1. The lowest BCUT2D eigenvalue weighted by Crippen LogP contribution is -2.31. The third kappa shape index (κ3) is 5.83. The molecule has 0 aromatic heterocycles. The highest BCUT2D eigenvalue weighted by Gasteiger charge is 2.21. The van der Waals surface area contributed by atoms with Crippen LogP contribution in [0.15, 0.2) is 36.4 Å². The van der Waals surface area contributed by atoms with Gasteiger partial charge in [0, 0.05) is 12.0 Å². The van der Waals surface area contributed by atoms with Gasteiger partial charge in [-0.05, 0) is 73.9 Å². The number of rotatable bonds is 11. The second-order valence-corrected chi connectivity index (χ2v) is 8.27. The number of benzene rings is 2. The van der Waals surface area contributed by atoms with Crippen LogP contribution in [-0.2, 0) is 11.2 Å². The summed E-state index contributed by atoms with van der Waals surface area (Å²) < 4.78 is 11.8. The molecule has 1 aliphatic rings. The van der Waals surface area contributed by atoms with Gasteiger partial charge in [0.2, 0.25) is 6.41 Å². The van der Waals surface area contributed by atoms with E-state index in [1.54, 1.807) is 12.0 Å². The number of methoxy groups -OCH3 is 1. The minimum absolute atomic E-state index is 0.201.